The summed E-state index contributed by atoms with van der Waals surface area (Å²) in [6.45, 7) is 0. The standard InChI is InChI=1S/C12H8N6S/c13-6-8-19-11-5-4-10-15-16-12(18(10)17-11)9-3-1-2-7-14-9/h1-5,7H,8H2. The topological polar surface area (TPSA) is 79.8 Å². The first kappa shape index (κ1) is 11.6. The van der Waals surface area contributed by atoms with Gasteiger partial charge >= 0.3 is 0 Å². The zero-order chi connectivity index (χ0) is 13.1. The molecule has 0 atom stereocenters. The van der Waals surface area contributed by atoms with Gasteiger partial charge in [-0.1, -0.05) is 17.8 Å². The van der Waals surface area contributed by atoms with Crippen molar-refractivity contribution in [3.63, 3.8) is 0 Å². The lowest BCUT2D eigenvalue weighted by Gasteiger charge is -2.00. The average Bonchev–Trinajstić information content (AvgIpc) is 2.89. The second-order valence-corrected chi connectivity index (χ2v) is 4.62. The van der Waals surface area contributed by atoms with Gasteiger partial charge < -0.3 is 0 Å². The third kappa shape index (κ3) is 2.26. The van der Waals surface area contributed by atoms with Crippen LogP contribution in [0.3, 0.4) is 0 Å². The summed E-state index contributed by atoms with van der Waals surface area (Å²) in [5, 5.41) is 21.9. The van der Waals surface area contributed by atoms with E-state index in [-0.39, 0.29) is 0 Å². The Labute approximate surface area is 113 Å². The normalized spacial score (nSPS) is 10.5. The van der Waals surface area contributed by atoms with E-state index in [1.165, 1.54) is 11.8 Å². The van der Waals surface area contributed by atoms with Crippen LogP contribution in [0.4, 0.5) is 0 Å². The Balaban J connectivity index is 2.09. The number of fused-ring (bicyclic) bond motifs is 1. The molecule has 92 valence electrons. The summed E-state index contributed by atoms with van der Waals surface area (Å²) in [6, 6.07) is 11.3. The zero-order valence-corrected chi connectivity index (χ0v) is 10.6. The van der Waals surface area contributed by atoms with Crippen LogP contribution in [0.5, 0.6) is 0 Å². The largest absolute Gasteiger partial charge is 0.253 e. The van der Waals surface area contributed by atoms with E-state index in [0.29, 0.717) is 22.9 Å². The number of hydrogen-bond donors (Lipinski definition) is 0. The van der Waals surface area contributed by atoms with E-state index in [1.54, 1.807) is 10.7 Å². The highest BCUT2D eigenvalue weighted by atomic mass is 32.2. The van der Waals surface area contributed by atoms with Gasteiger partial charge in [0.25, 0.3) is 0 Å². The first-order chi connectivity index (χ1) is 9.38. The Morgan fingerprint density at radius 2 is 2.16 bits per heavy atom. The van der Waals surface area contributed by atoms with Crippen LogP contribution in [0, 0.1) is 11.3 Å². The molecule has 0 amide bonds. The van der Waals surface area contributed by atoms with Crippen LogP contribution in [0.15, 0.2) is 41.6 Å². The molecule has 0 spiro atoms. The van der Waals surface area contributed by atoms with E-state index in [4.69, 9.17) is 5.26 Å². The van der Waals surface area contributed by atoms with E-state index in [9.17, 15) is 0 Å². The number of aromatic nitrogens is 5. The number of nitrogens with zero attached hydrogens (tertiary/aromatic N) is 6. The molecule has 0 fully saturated rings. The second-order valence-electron chi connectivity index (χ2n) is 3.63. The van der Waals surface area contributed by atoms with Gasteiger partial charge in [0.2, 0.25) is 5.82 Å². The van der Waals surface area contributed by atoms with Crippen molar-refractivity contribution in [2.75, 3.05) is 5.75 Å². The summed E-state index contributed by atoms with van der Waals surface area (Å²) >= 11 is 1.37. The third-order valence-corrected chi connectivity index (χ3v) is 3.20. The van der Waals surface area contributed by atoms with Gasteiger partial charge in [0, 0.05) is 6.20 Å². The summed E-state index contributed by atoms with van der Waals surface area (Å²) < 4.78 is 1.64. The summed E-state index contributed by atoms with van der Waals surface area (Å²) in [5.74, 6) is 0.953. The maximum Gasteiger partial charge on any atom is 0.203 e. The molecule has 3 aromatic heterocycles. The predicted octanol–water partition coefficient (Wildman–Crippen LogP) is 1.80. The fraction of sp³-hybridized carbons (Fsp3) is 0.0833. The van der Waals surface area contributed by atoms with Gasteiger partial charge in [0.1, 0.15) is 10.7 Å². The maximum atomic E-state index is 8.59. The lowest BCUT2D eigenvalue weighted by Crippen LogP contribution is -1.97. The molecule has 0 saturated carbocycles. The van der Waals surface area contributed by atoms with Gasteiger partial charge in [-0.25, -0.2) is 0 Å². The van der Waals surface area contributed by atoms with E-state index in [0.717, 1.165) is 5.03 Å². The first-order valence-corrected chi connectivity index (χ1v) is 6.50. The minimum atomic E-state index is 0.361. The fourth-order valence-corrected chi connectivity index (χ4v) is 2.13. The SMILES string of the molecule is N#CCSc1ccc2nnc(-c3ccccn3)n2n1. The molecule has 0 unspecified atom stereocenters. The van der Waals surface area contributed by atoms with Gasteiger partial charge in [-0.05, 0) is 24.3 Å². The molecular weight excluding hydrogens is 260 g/mol. The lowest BCUT2D eigenvalue weighted by atomic mass is 10.3. The highest BCUT2D eigenvalue weighted by Crippen LogP contribution is 2.18. The van der Waals surface area contributed by atoms with Crippen molar-refractivity contribution in [3.05, 3.63) is 36.5 Å². The number of nitriles is 1. The molecule has 0 aromatic carbocycles. The molecule has 3 heterocycles. The van der Waals surface area contributed by atoms with Gasteiger partial charge in [0.05, 0.1) is 11.8 Å². The Hall–Kier alpha value is -2.46. The molecule has 0 saturated heterocycles. The van der Waals surface area contributed by atoms with Crippen LogP contribution in [0.1, 0.15) is 0 Å². The zero-order valence-electron chi connectivity index (χ0n) is 9.76. The number of thioether (sulfide) groups is 1. The van der Waals surface area contributed by atoms with Gasteiger partial charge in [-0.3, -0.25) is 4.98 Å². The second kappa shape index (κ2) is 5.04. The van der Waals surface area contributed by atoms with Crippen molar-refractivity contribution < 1.29 is 0 Å². The minimum absolute atomic E-state index is 0.361. The van der Waals surface area contributed by atoms with E-state index in [2.05, 4.69) is 26.3 Å². The van der Waals surface area contributed by atoms with Gasteiger partial charge in [-0.15, -0.1) is 10.2 Å². The minimum Gasteiger partial charge on any atom is -0.253 e. The molecule has 3 rings (SSSR count). The number of hydrogen-bond acceptors (Lipinski definition) is 6. The highest BCUT2D eigenvalue weighted by molar-refractivity contribution is 7.99. The van der Waals surface area contributed by atoms with Crippen molar-refractivity contribution >= 4 is 17.4 Å². The first-order valence-electron chi connectivity index (χ1n) is 5.52. The molecule has 0 bridgehead atoms. The van der Waals surface area contributed by atoms with Crippen molar-refractivity contribution in [2.24, 2.45) is 0 Å². The Morgan fingerprint density at radius 1 is 1.21 bits per heavy atom. The highest BCUT2D eigenvalue weighted by Gasteiger charge is 2.10. The molecule has 0 N–H and O–H groups in total. The third-order valence-electron chi connectivity index (χ3n) is 2.42. The summed E-state index contributed by atoms with van der Waals surface area (Å²) in [4.78, 5) is 4.24. The number of pyridine rings is 1. The maximum absolute atomic E-state index is 8.59. The summed E-state index contributed by atoms with van der Waals surface area (Å²) in [6.07, 6.45) is 1.70. The molecule has 6 nitrogen and oxygen atoms in total. The molecule has 0 radical (unpaired) electrons. The van der Waals surface area contributed by atoms with Crippen molar-refractivity contribution in [1.82, 2.24) is 24.8 Å². The predicted molar refractivity (Wildman–Crippen MR) is 70.4 cm³/mol. The van der Waals surface area contributed by atoms with Crippen LogP contribution < -0.4 is 0 Å². The van der Waals surface area contributed by atoms with Crippen molar-refractivity contribution in [1.29, 1.82) is 5.26 Å². The van der Waals surface area contributed by atoms with Crippen LogP contribution in [0.25, 0.3) is 17.2 Å². The molecular formula is C12H8N6S. The Kier molecular flexibility index (Phi) is 3.08. The summed E-state index contributed by atoms with van der Waals surface area (Å²) in [5.41, 5.74) is 1.37. The molecule has 0 aliphatic carbocycles. The van der Waals surface area contributed by atoms with Crippen LogP contribution in [0.2, 0.25) is 0 Å². The summed E-state index contributed by atoms with van der Waals surface area (Å²) in [7, 11) is 0. The number of rotatable bonds is 3. The van der Waals surface area contributed by atoms with Crippen molar-refractivity contribution in [2.45, 2.75) is 5.03 Å². The van der Waals surface area contributed by atoms with Gasteiger partial charge in [-0.2, -0.15) is 14.9 Å². The van der Waals surface area contributed by atoms with E-state index in [1.807, 2.05) is 30.3 Å². The van der Waals surface area contributed by atoms with Crippen molar-refractivity contribution in [3.8, 4) is 17.6 Å². The quantitative estimate of drug-likeness (QED) is 0.674. The molecule has 7 heteroatoms. The molecule has 0 aliphatic heterocycles. The smallest absolute Gasteiger partial charge is 0.203 e. The Bertz CT molecular complexity index is 746. The molecule has 0 aliphatic rings. The molecule has 3 aromatic rings. The molecule has 19 heavy (non-hydrogen) atoms. The fourth-order valence-electron chi connectivity index (χ4n) is 1.61. The van der Waals surface area contributed by atoms with Crippen LogP contribution in [-0.2, 0) is 0 Å². The average molecular weight is 268 g/mol. The van der Waals surface area contributed by atoms with Crippen LogP contribution >= 0.6 is 11.8 Å². The van der Waals surface area contributed by atoms with E-state index >= 15 is 0 Å². The monoisotopic (exact) mass is 268 g/mol. The van der Waals surface area contributed by atoms with Gasteiger partial charge in [0.15, 0.2) is 5.65 Å². The van der Waals surface area contributed by atoms with Crippen LogP contribution in [-0.4, -0.2) is 30.5 Å². The van der Waals surface area contributed by atoms with E-state index < -0.39 is 0 Å². The lowest BCUT2D eigenvalue weighted by molar-refractivity contribution is 0.858. The Morgan fingerprint density at radius 3 is 2.95 bits per heavy atom.